The van der Waals surface area contributed by atoms with Crippen molar-refractivity contribution in [3.8, 4) is 0 Å². The molecule has 2 N–H and O–H groups in total. The van der Waals surface area contributed by atoms with Gasteiger partial charge in [-0.15, -0.1) is 0 Å². The van der Waals surface area contributed by atoms with Crippen molar-refractivity contribution in [1.29, 1.82) is 0 Å². The molecule has 3 aromatic rings. The molecule has 3 rings (SSSR count). The number of halogens is 1. The molecule has 0 aliphatic rings. The van der Waals surface area contributed by atoms with Gasteiger partial charge in [0.2, 0.25) is 11.8 Å². The molecule has 16 heteroatoms. The van der Waals surface area contributed by atoms with E-state index < -0.39 is 116 Å². The lowest BCUT2D eigenvalue weighted by atomic mass is 9.86. The number of esters is 3. The molecule has 0 fully saturated rings. The molecule has 2 amide bonds. The van der Waals surface area contributed by atoms with Gasteiger partial charge in [-0.1, -0.05) is 80.0 Å². The predicted molar refractivity (Wildman–Crippen MR) is 231 cm³/mol. The number of nitrogens with one attached hydrogen (secondary N) is 2. The number of ketones is 1. The number of fused-ring (bicyclic) bond motifs is 1. The molecule has 4 atom stereocenters. The maximum Gasteiger partial charge on any atom is 0.308 e. The van der Waals surface area contributed by atoms with Gasteiger partial charge in [0.15, 0.2) is 15.6 Å². The van der Waals surface area contributed by atoms with Crippen LogP contribution in [0.15, 0.2) is 77.2 Å². The van der Waals surface area contributed by atoms with E-state index in [2.05, 4.69) is 15.6 Å². The lowest BCUT2D eigenvalue weighted by Gasteiger charge is -2.27. The number of hydrogen-bond donors (Lipinski definition) is 2. The second kappa shape index (κ2) is 22.1. The molecule has 0 spiro atoms. The van der Waals surface area contributed by atoms with Crippen LogP contribution in [0, 0.1) is 17.8 Å². The maximum absolute atomic E-state index is 14.4. The molecule has 0 aliphatic heterocycles. The number of ether oxygens (including phenoxy) is 3. The third-order valence-corrected chi connectivity index (χ3v) is 10.8. The summed E-state index contributed by atoms with van der Waals surface area (Å²) in [6.45, 7) is 13.3. The monoisotopic (exact) mass is 883 g/mol. The Morgan fingerprint density at radius 2 is 1.31 bits per heavy atom. The highest BCUT2D eigenvalue weighted by Gasteiger charge is 2.35. The van der Waals surface area contributed by atoms with Gasteiger partial charge in [-0.05, 0) is 71.2 Å². The molecule has 2 aromatic carbocycles. The Morgan fingerprint density at radius 3 is 1.90 bits per heavy atom. The predicted octanol–water partition coefficient (Wildman–Crippen LogP) is 6.32. The van der Waals surface area contributed by atoms with E-state index in [9.17, 15) is 37.2 Å². The van der Waals surface area contributed by atoms with Crippen LogP contribution < -0.4 is 10.6 Å². The molecular formula is C45H58ClN3O11S. The summed E-state index contributed by atoms with van der Waals surface area (Å²) in [5.74, 6) is -7.13. The summed E-state index contributed by atoms with van der Waals surface area (Å²) in [7, 11) is -3.91. The number of sulfone groups is 1. The fraction of sp³-hybridized carbons (Fsp3) is 0.489. The number of carbonyl (C=O) groups is 6. The molecule has 1 heterocycles. The van der Waals surface area contributed by atoms with Crippen molar-refractivity contribution in [2.24, 2.45) is 17.8 Å². The quantitative estimate of drug-likeness (QED) is 0.0947. The Balaban J connectivity index is 1.96. The average molecular weight is 884 g/mol. The number of rotatable bonds is 20. The number of Topliss-reactive ketones (excluding diaryl/α,β-unsaturated/α-hetero) is 1. The molecule has 0 saturated carbocycles. The van der Waals surface area contributed by atoms with Gasteiger partial charge in [-0.3, -0.25) is 33.8 Å². The SMILES string of the molecule is CC(C)[C@H](CC(=O)[C@H](Cc1ccc2ccccc2n1)NC(=O)[C@@H](CC(=O)OCc1ccccc1)CC(=O)OC(C)(C)C)C(=O)N[C@H](/C=C(\Cl)S(C)(=O)=O)CC(=O)OC(C)(C)C. The second-order valence-corrected chi connectivity index (χ2v) is 19.9. The molecular weight excluding hydrogens is 826 g/mol. The largest absolute Gasteiger partial charge is 0.461 e. The fourth-order valence-corrected chi connectivity index (χ4v) is 6.65. The van der Waals surface area contributed by atoms with Crippen molar-refractivity contribution in [1.82, 2.24) is 15.6 Å². The Labute approximate surface area is 363 Å². The van der Waals surface area contributed by atoms with E-state index >= 15 is 0 Å². The lowest BCUT2D eigenvalue weighted by molar-refractivity contribution is -0.159. The van der Waals surface area contributed by atoms with E-state index in [-0.39, 0.29) is 13.0 Å². The van der Waals surface area contributed by atoms with E-state index in [0.717, 1.165) is 17.7 Å². The maximum atomic E-state index is 14.4. The first-order valence-corrected chi connectivity index (χ1v) is 22.3. The van der Waals surface area contributed by atoms with Crippen molar-refractivity contribution in [3.05, 3.63) is 88.4 Å². The number of aromatic nitrogens is 1. The smallest absolute Gasteiger partial charge is 0.308 e. The average Bonchev–Trinajstić information content (AvgIpc) is 3.13. The Morgan fingerprint density at radius 1 is 0.738 bits per heavy atom. The van der Waals surface area contributed by atoms with E-state index in [1.807, 2.05) is 30.3 Å². The van der Waals surface area contributed by atoms with Crippen molar-refractivity contribution < 1.29 is 51.4 Å². The summed E-state index contributed by atoms with van der Waals surface area (Å²) in [6, 6.07) is 17.2. The highest BCUT2D eigenvalue weighted by Crippen LogP contribution is 2.23. The summed E-state index contributed by atoms with van der Waals surface area (Å²) in [5.41, 5.74) is 0.0177. The molecule has 0 bridgehead atoms. The standard InChI is InChI=1S/C45H58ClN3O11S/c1-28(2)34(43(55)48-33(24-38(46)61(9,56)57)25-41(53)60-45(6,7)8)26-37(50)36(23-32-20-19-30-17-13-14-18-35(30)47-32)49-42(54)31(22-40(52)59-44(3,4)5)21-39(51)58-27-29-15-11-10-12-16-29/h10-20,24,28,31,33-34,36H,21-23,25-27H2,1-9H3,(H,48,55)(H,49,54)/b38-24+/t31-,33+,34-,36-/m0/s1. The zero-order chi connectivity index (χ0) is 45.7. The molecule has 1 aromatic heterocycles. The molecule has 61 heavy (non-hydrogen) atoms. The molecule has 14 nitrogen and oxygen atoms in total. The zero-order valence-corrected chi connectivity index (χ0v) is 37.9. The van der Waals surface area contributed by atoms with Crippen molar-refractivity contribution in [2.45, 2.75) is 117 Å². The van der Waals surface area contributed by atoms with Crippen LogP contribution >= 0.6 is 11.6 Å². The fourth-order valence-electron chi connectivity index (χ4n) is 6.08. The summed E-state index contributed by atoms with van der Waals surface area (Å²) in [6.07, 6.45) is -0.105. The number of carbonyl (C=O) groups excluding carboxylic acids is 6. The van der Waals surface area contributed by atoms with Crippen molar-refractivity contribution >= 4 is 67.8 Å². The number of hydrogen-bond acceptors (Lipinski definition) is 12. The van der Waals surface area contributed by atoms with E-state index in [0.29, 0.717) is 16.8 Å². The summed E-state index contributed by atoms with van der Waals surface area (Å²) < 4.78 is 40.1. The van der Waals surface area contributed by atoms with Crippen LogP contribution in [0.3, 0.4) is 0 Å². The van der Waals surface area contributed by atoms with Crippen LogP contribution in [0.2, 0.25) is 0 Å². The van der Waals surface area contributed by atoms with E-state index in [4.69, 9.17) is 25.8 Å². The third kappa shape index (κ3) is 18.2. The summed E-state index contributed by atoms with van der Waals surface area (Å²) in [5, 5.41) is 6.24. The van der Waals surface area contributed by atoms with Gasteiger partial charge in [-0.2, -0.15) is 0 Å². The van der Waals surface area contributed by atoms with Gasteiger partial charge >= 0.3 is 17.9 Å². The van der Waals surface area contributed by atoms with Gasteiger partial charge in [0.1, 0.15) is 22.2 Å². The Kier molecular flexibility index (Phi) is 18.2. The van der Waals surface area contributed by atoms with Crippen LogP contribution in [0.25, 0.3) is 10.9 Å². The summed E-state index contributed by atoms with van der Waals surface area (Å²) in [4.78, 5) is 86.2. The van der Waals surface area contributed by atoms with Gasteiger partial charge in [0.05, 0.1) is 42.8 Å². The first-order valence-electron chi connectivity index (χ1n) is 20.0. The van der Waals surface area contributed by atoms with Gasteiger partial charge in [0.25, 0.3) is 0 Å². The molecule has 0 radical (unpaired) electrons. The highest BCUT2D eigenvalue weighted by atomic mass is 35.5. The van der Waals surface area contributed by atoms with Crippen LogP contribution in [0.1, 0.15) is 92.3 Å². The number of para-hydroxylation sites is 1. The molecule has 0 saturated heterocycles. The lowest BCUT2D eigenvalue weighted by Crippen LogP contribution is -2.48. The minimum absolute atomic E-state index is 0.0667. The normalized spacial score (nSPS) is 14.3. The second-order valence-electron chi connectivity index (χ2n) is 17.3. The molecule has 0 unspecified atom stereocenters. The van der Waals surface area contributed by atoms with Crippen LogP contribution in [-0.4, -0.2) is 78.4 Å². The summed E-state index contributed by atoms with van der Waals surface area (Å²) >= 11 is 6.06. The number of pyridine rings is 1. The minimum atomic E-state index is -3.91. The van der Waals surface area contributed by atoms with E-state index in [1.54, 1.807) is 91.8 Å². The van der Waals surface area contributed by atoms with Crippen LogP contribution in [0.5, 0.6) is 0 Å². The number of nitrogens with zero attached hydrogens (tertiary/aromatic N) is 1. The van der Waals surface area contributed by atoms with Gasteiger partial charge in [-0.25, -0.2) is 8.42 Å². The van der Waals surface area contributed by atoms with E-state index in [1.165, 1.54) is 0 Å². The van der Waals surface area contributed by atoms with Gasteiger partial charge < -0.3 is 24.8 Å². The third-order valence-electron chi connectivity index (χ3n) is 9.02. The molecule has 332 valence electrons. The minimum Gasteiger partial charge on any atom is -0.461 e. The molecule has 0 aliphatic carbocycles. The Bertz CT molecular complexity index is 2180. The van der Waals surface area contributed by atoms with Crippen molar-refractivity contribution in [3.63, 3.8) is 0 Å². The number of benzene rings is 2. The van der Waals surface area contributed by atoms with Crippen LogP contribution in [0.4, 0.5) is 0 Å². The van der Waals surface area contributed by atoms with Crippen molar-refractivity contribution in [2.75, 3.05) is 6.26 Å². The zero-order valence-electron chi connectivity index (χ0n) is 36.3. The topological polar surface area (TPSA) is 201 Å². The number of amides is 2. The van der Waals surface area contributed by atoms with Crippen LogP contribution in [-0.2, 0) is 65.8 Å². The van der Waals surface area contributed by atoms with Gasteiger partial charge in [0, 0.05) is 36.1 Å². The first kappa shape index (κ1) is 50.2. The first-order chi connectivity index (χ1) is 28.3. The Hall–Kier alpha value is -5.15. The highest BCUT2D eigenvalue weighted by molar-refractivity contribution is 7.96.